The minimum absolute atomic E-state index is 0.125. The molecule has 0 bridgehead atoms. The molecule has 2 rings (SSSR count). The quantitative estimate of drug-likeness (QED) is 0.784. The number of hydrogen-bond donors (Lipinski definition) is 1. The van der Waals surface area contributed by atoms with Crippen LogP contribution in [0.4, 0.5) is 13.2 Å². The molecular weight excluding hydrogens is 375 g/mol. The molecular formula is C16H21BrF3NO2. The van der Waals surface area contributed by atoms with E-state index in [1.807, 2.05) is 12.1 Å². The van der Waals surface area contributed by atoms with Crippen LogP contribution in [0.1, 0.15) is 31.2 Å². The van der Waals surface area contributed by atoms with Crippen LogP contribution in [-0.2, 0) is 6.54 Å². The summed E-state index contributed by atoms with van der Waals surface area (Å²) in [6.07, 6.45) is -2.54. The molecule has 23 heavy (non-hydrogen) atoms. The topological polar surface area (TPSA) is 30.5 Å². The Labute approximate surface area is 142 Å². The molecule has 1 aromatic rings. The molecule has 0 amide bonds. The van der Waals surface area contributed by atoms with E-state index in [0.717, 1.165) is 10.0 Å². The first-order chi connectivity index (χ1) is 10.8. The Morgan fingerprint density at radius 3 is 2.30 bits per heavy atom. The van der Waals surface area contributed by atoms with E-state index in [9.17, 15) is 13.2 Å². The molecule has 1 aromatic carbocycles. The molecule has 0 heterocycles. The summed E-state index contributed by atoms with van der Waals surface area (Å²) in [5, 5.41) is 3.34. The van der Waals surface area contributed by atoms with Crippen molar-refractivity contribution in [3.05, 3.63) is 22.2 Å². The van der Waals surface area contributed by atoms with Crippen molar-refractivity contribution in [1.82, 2.24) is 5.32 Å². The highest BCUT2D eigenvalue weighted by Gasteiger charge is 2.41. The maximum absolute atomic E-state index is 12.7. The van der Waals surface area contributed by atoms with Crippen LogP contribution >= 0.6 is 15.9 Å². The Kier molecular flexibility index (Phi) is 6.19. The first kappa shape index (κ1) is 18.4. The molecule has 0 radical (unpaired) electrons. The van der Waals surface area contributed by atoms with Gasteiger partial charge >= 0.3 is 6.18 Å². The van der Waals surface area contributed by atoms with Gasteiger partial charge in [-0.25, -0.2) is 0 Å². The number of hydrogen-bond acceptors (Lipinski definition) is 3. The molecule has 0 atom stereocenters. The van der Waals surface area contributed by atoms with Crippen LogP contribution in [0.2, 0.25) is 0 Å². The van der Waals surface area contributed by atoms with E-state index in [0.29, 0.717) is 30.9 Å². The molecule has 7 heteroatoms. The van der Waals surface area contributed by atoms with Crippen molar-refractivity contribution in [3.8, 4) is 11.5 Å². The van der Waals surface area contributed by atoms with Crippen molar-refractivity contribution in [1.29, 1.82) is 0 Å². The lowest BCUT2D eigenvalue weighted by Crippen LogP contribution is -2.36. The van der Waals surface area contributed by atoms with Gasteiger partial charge in [0.25, 0.3) is 0 Å². The third-order valence-corrected chi connectivity index (χ3v) is 4.87. The fourth-order valence-corrected chi connectivity index (χ4v) is 3.61. The molecule has 0 saturated heterocycles. The maximum atomic E-state index is 12.7. The van der Waals surface area contributed by atoms with Gasteiger partial charge in [-0.1, -0.05) is 0 Å². The van der Waals surface area contributed by atoms with E-state index in [4.69, 9.17) is 9.47 Å². The first-order valence-corrected chi connectivity index (χ1v) is 8.35. The van der Waals surface area contributed by atoms with Crippen molar-refractivity contribution in [2.45, 2.75) is 44.4 Å². The largest absolute Gasteiger partial charge is 0.493 e. The normalized spacial score (nSPS) is 22.0. The van der Waals surface area contributed by atoms with Crippen LogP contribution in [-0.4, -0.2) is 26.4 Å². The maximum Gasteiger partial charge on any atom is 0.391 e. The van der Waals surface area contributed by atoms with Gasteiger partial charge in [0.15, 0.2) is 11.5 Å². The zero-order valence-corrected chi connectivity index (χ0v) is 14.8. The molecule has 3 nitrogen and oxygen atoms in total. The van der Waals surface area contributed by atoms with Crippen molar-refractivity contribution in [2.24, 2.45) is 5.92 Å². The van der Waals surface area contributed by atoms with E-state index < -0.39 is 12.1 Å². The molecule has 1 fully saturated rings. The van der Waals surface area contributed by atoms with Crippen LogP contribution in [0.5, 0.6) is 11.5 Å². The summed E-state index contributed by atoms with van der Waals surface area (Å²) in [6.45, 7) is 0.584. The zero-order valence-electron chi connectivity index (χ0n) is 13.2. The van der Waals surface area contributed by atoms with Gasteiger partial charge in [0.05, 0.1) is 24.6 Å². The Morgan fingerprint density at radius 2 is 1.78 bits per heavy atom. The number of nitrogens with one attached hydrogen (secondary N) is 1. The van der Waals surface area contributed by atoms with Gasteiger partial charge in [0, 0.05) is 12.6 Å². The lowest BCUT2D eigenvalue weighted by Gasteiger charge is -2.30. The van der Waals surface area contributed by atoms with Gasteiger partial charge < -0.3 is 14.8 Å². The average Bonchev–Trinajstić information content (AvgIpc) is 2.51. The Balaban J connectivity index is 1.91. The van der Waals surface area contributed by atoms with E-state index >= 15 is 0 Å². The van der Waals surface area contributed by atoms with Crippen molar-refractivity contribution >= 4 is 15.9 Å². The highest BCUT2D eigenvalue weighted by atomic mass is 79.9. The highest BCUT2D eigenvalue weighted by Crippen LogP contribution is 2.38. The summed E-state index contributed by atoms with van der Waals surface area (Å²) in [6, 6.07) is 3.92. The van der Waals surface area contributed by atoms with E-state index in [-0.39, 0.29) is 18.9 Å². The second-order valence-electron chi connectivity index (χ2n) is 5.78. The number of alkyl halides is 3. The monoisotopic (exact) mass is 395 g/mol. The van der Waals surface area contributed by atoms with Gasteiger partial charge in [-0.15, -0.1) is 0 Å². The lowest BCUT2D eigenvalue weighted by molar-refractivity contribution is -0.182. The predicted octanol–water partition coefficient (Wildman–Crippen LogP) is 4.68. The number of benzene rings is 1. The Bertz CT molecular complexity index is 529. The molecule has 1 saturated carbocycles. The number of halogens is 4. The van der Waals surface area contributed by atoms with Gasteiger partial charge in [-0.2, -0.15) is 13.2 Å². The molecule has 0 aromatic heterocycles. The molecule has 0 aliphatic heterocycles. The van der Waals surface area contributed by atoms with E-state index in [1.165, 1.54) is 0 Å². The Hall–Kier alpha value is -0.950. The van der Waals surface area contributed by atoms with Crippen molar-refractivity contribution in [3.63, 3.8) is 0 Å². The van der Waals surface area contributed by atoms with E-state index in [1.54, 1.807) is 14.2 Å². The van der Waals surface area contributed by atoms with Crippen molar-refractivity contribution in [2.75, 3.05) is 14.2 Å². The van der Waals surface area contributed by atoms with Crippen LogP contribution in [0.25, 0.3) is 0 Å². The van der Waals surface area contributed by atoms with Crippen LogP contribution in [0.15, 0.2) is 16.6 Å². The second-order valence-corrected chi connectivity index (χ2v) is 6.64. The summed E-state index contributed by atoms with van der Waals surface area (Å²) in [4.78, 5) is 0. The van der Waals surface area contributed by atoms with Gasteiger partial charge in [0.2, 0.25) is 0 Å². The molecule has 130 valence electrons. The summed E-state index contributed by atoms with van der Waals surface area (Å²) in [5.74, 6) is 0.108. The van der Waals surface area contributed by atoms with Gasteiger partial charge in [-0.05, 0) is 59.3 Å². The fourth-order valence-electron chi connectivity index (χ4n) is 2.96. The van der Waals surface area contributed by atoms with E-state index in [2.05, 4.69) is 21.2 Å². The second kappa shape index (κ2) is 7.75. The van der Waals surface area contributed by atoms with Crippen LogP contribution in [0, 0.1) is 5.92 Å². The smallest absolute Gasteiger partial charge is 0.391 e. The summed E-state index contributed by atoms with van der Waals surface area (Å²) >= 11 is 3.44. The summed E-state index contributed by atoms with van der Waals surface area (Å²) in [5.41, 5.74) is 0.993. The lowest BCUT2D eigenvalue weighted by atomic mass is 9.85. The highest BCUT2D eigenvalue weighted by molar-refractivity contribution is 9.10. The molecule has 0 spiro atoms. The third-order valence-electron chi connectivity index (χ3n) is 4.28. The molecule has 1 aliphatic carbocycles. The molecule has 0 unspecified atom stereocenters. The predicted molar refractivity (Wildman–Crippen MR) is 85.9 cm³/mol. The Morgan fingerprint density at radius 1 is 1.13 bits per heavy atom. The first-order valence-electron chi connectivity index (χ1n) is 7.55. The summed E-state index contributed by atoms with van der Waals surface area (Å²) in [7, 11) is 3.14. The minimum atomic E-state index is -4.06. The van der Waals surface area contributed by atoms with Crippen LogP contribution < -0.4 is 14.8 Å². The standard InChI is InChI=1S/C16H21BrF3NO2/c1-22-14-8-10(7-13(17)15(14)23-2)9-21-12-5-3-11(4-6-12)16(18,19)20/h7-8,11-12,21H,3-6,9H2,1-2H3. The zero-order chi connectivity index (χ0) is 17.0. The average molecular weight is 396 g/mol. The number of ether oxygens (including phenoxy) is 2. The number of methoxy groups -OCH3 is 2. The SMILES string of the molecule is COc1cc(CNC2CCC(C(F)(F)F)CC2)cc(Br)c1OC. The summed E-state index contributed by atoms with van der Waals surface area (Å²) < 4.78 is 49.3. The molecule has 1 aliphatic rings. The minimum Gasteiger partial charge on any atom is -0.493 e. The van der Waals surface area contributed by atoms with Crippen molar-refractivity contribution < 1.29 is 22.6 Å². The van der Waals surface area contributed by atoms with Gasteiger partial charge in [-0.3, -0.25) is 0 Å². The fraction of sp³-hybridized carbons (Fsp3) is 0.625. The molecule has 1 N–H and O–H groups in total. The van der Waals surface area contributed by atoms with Crippen LogP contribution in [0.3, 0.4) is 0 Å². The van der Waals surface area contributed by atoms with Gasteiger partial charge in [0.1, 0.15) is 0 Å². The third kappa shape index (κ3) is 4.76. The number of rotatable bonds is 5.